The van der Waals surface area contributed by atoms with Crippen LogP contribution >= 0.6 is 22.9 Å². The summed E-state index contributed by atoms with van der Waals surface area (Å²) in [4.78, 5) is 22.7. The summed E-state index contributed by atoms with van der Waals surface area (Å²) >= 11 is 7.70. The van der Waals surface area contributed by atoms with Crippen molar-refractivity contribution in [3.63, 3.8) is 0 Å². The van der Waals surface area contributed by atoms with Crippen LogP contribution in [0.3, 0.4) is 0 Å². The molecule has 9 heteroatoms. The van der Waals surface area contributed by atoms with E-state index >= 15 is 0 Å². The Bertz CT molecular complexity index is 1300. The minimum atomic E-state index is -0.0827. The molecule has 1 amide bonds. The lowest BCUT2D eigenvalue weighted by atomic mass is 10.00. The van der Waals surface area contributed by atoms with Crippen molar-refractivity contribution in [1.82, 2.24) is 19.7 Å². The molecular weight excluding hydrogens is 446 g/mol. The van der Waals surface area contributed by atoms with Gasteiger partial charge >= 0.3 is 0 Å². The zero-order valence-corrected chi connectivity index (χ0v) is 20.0. The van der Waals surface area contributed by atoms with E-state index in [4.69, 9.17) is 16.3 Å². The average molecular weight is 470 g/mol. The number of ether oxygens (including phenoxy) is 1. The number of halogens is 1. The van der Waals surface area contributed by atoms with Crippen molar-refractivity contribution in [2.75, 3.05) is 12.4 Å². The summed E-state index contributed by atoms with van der Waals surface area (Å²) in [6.45, 7) is 3.98. The van der Waals surface area contributed by atoms with Gasteiger partial charge in [0.2, 0.25) is 11.8 Å². The van der Waals surface area contributed by atoms with Crippen LogP contribution in [-0.2, 0) is 24.7 Å². The highest BCUT2D eigenvalue weighted by Crippen LogP contribution is 2.30. The number of nitrogens with one attached hydrogen (secondary N) is 1. The maximum Gasteiger partial charge on any atom is 0.242 e. The van der Waals surface area contributed by atoms with Gasteiger partial charge in [-0.1, -0.05) is 29.8 Å². The summed E-state index contributed by atoms with van der Waals surface area (Å²) in [5.74, 6) is 0.465. The SMILES string of the molecule is COc1nn(C)c2nc(C)c(CCC(=O)Nc3ncc(Cc4ccccc4Cl)s3)c(C)c12. The first kappa shape index (κ1) is 22.2. The van der Waals surface area contributed by atoms with Crippen molar-refractivity contribution in [2.24, 2.45) is 7.05 Å². The third-order valence-electron chi connectivity index (χ3n) is 5.44. The summed E-state index contributed by atoms with van der Waals surface area (Å²) in [5.41, 5.74) is 4.79. The highest BCUT2D eigenvalue weighted by molar-refractivity contribution is 7.15. The van der Waals surface area contributed by atoms with Crippen LogP contribution < -0.4 is 10.1 Å². The van der Waals surface area contributed by atoms with Crippen molar-refractivity contribution >= 4 is 45.0 Å². The van der Waals surface area contributed by atoms with Crippen LogP contribution in [-0.4, -0.2) is 32.8 Å². The fourth-order valence-electron chi connectivity index (χ4n) is 3.80. The molecule has 0 atom stereocenters. The second-order valence-corrected chi connectivity index (χ2v) is 9.10. The first-order valence-electron chi connectivity index (χ1n) is 10.2. The van der Waals surface area contributed by atoms with Gasteiger partial charge in [-0.3, -0.25) is 4.79 Å². The normalized spacial score (nSPS) is 11.2. The van der Waals surface area contributed by atoms with Crippen molar-refractivity contribution in [1.29, 1.82) is 0 Å². The third kappa shape index (κ3) is 4.47. The Hall–Kier alpha value is -2.97. The highest BCUT2D eigenvalue weighted by atomic mass is 35.5. The van der Waals surface area contributed by atoms with Crippen LogP contribution in [0, 0.1) is 13.8 Å². The minimum absolute atomic E-state index is 0.0827. The molecule has 32 heavy (non-hydrogen) atoms. The van der Waals surface area contributed by atoms with E-state index in [0.717, 1.165) is 43.3 Å². The predicted molar refractivity (Wildman–Crippen MR) is 128 cm³/mol. The first-order valence-corrected chi connectivity index (χ1v) is 11.4. The van der Waals surface area contributed by atoms with Crippen LogP contribution in [0.25, 0.3) is 11.0 Å². The molecule has 0 bridgehead atoms. The van der Waals surface area contributed by atoms with Crippen LogP contribution in [0.4, 0.5) is 5.13 Å². The lowest BCUT2D eigenvalue weighted by Crippen LogP contribution is -2.13. The fraction of sp³-hybridized carbons (Fsp3) is 0.304. The van der Waals surface area contributed by atoms with Gasteiger partial charge in [-0.15, -0.1) is 16.4 Å². The smallest absolute Gasteiger partial charge is 0.242 e. The number of benzene rings is 1. The molecule has 0 aliphatic carbocycles. The van der Waals surface area contributed by atoms with Gasteiger partial charge in [0.1, 0.15) is 0 Å². The quantitative estimate of drug-likeness (QED) is 0.417. The van der Waals surface area contributed by atoms with Gasteiger partial charge in [-0.05, 0) is 43.0 Å². The number of methoxy groups -OCH3 is 1. The molecule has 166 valence electrons. The fourth-order valence-corrected chi connectivity index (χ4v) is 4.86. The van der Waals surface area contributed by atoms with Gasteiger partial charge < -0.3 is 10.1 Å². The molecule has 0 saturated heterocycles. The number of rotatable bonds is 7. The molecule has 3 aromatic heterocycles. The number of carbonyl (C=O) groups is 1. The van der Waals surface area contributed by atoms with Crippen molar-refractivity contribution in [2.45, 2.75) is 33.1 Å². The standard InChI is InChI=1S/C23H24ClN5O2S/c1-13-17(14(2)26-21-20(13)22(31-4)28-29(21)3)9-10-19(30)27-23-25-12-16(32-23)11-15-7-5-6-8-18(15)24/h5-8,12H,9-11H2,1-4H3,(H,25,27,30). The van der Waals surface area contributed by atoms with E-state index < -0.39 is 0 Å². The Balaban J connectivity index is 1.43. The summed E-state index contributed by atoms with van der Waals surface area (Å²) < 4.78 is 7.13. The summed E-state index contributed by atoms with van der Waals surface area (Å²) in [5, 5.41) is 9.50. The zero-order chi connectivity index (χ0) is 22.8. The number of anilines is 1. The van der Waals surface area contributed by atoms with Crippen molar-refractivity contribution in [3.8, 4) is 5.88 Å². The Morgan fingerprint density at radius 2 is 2.06 bits per heavy atom. The Kier molecular flexibility index (Phi) is 6.43. The highest BCUT2D eigenvalue weighted by Gasteiger charge is 2.19. The van der Waals surface area contributed by atoms with E-state index in [-0.39, 0.29) is 5.91 Å². The topological polar surface area (TPSA) is 81.9 Å². The first-order chi connectivity index (χ1) is 15.4. The maximum absolute atomic E-state index is 12.6. The number of fused-ring (bicyclic) bond motifs is 1. The van der Waals surface area contributed by atoms with Crippen molar-refractivity contribution in [3.05, 3.63) is 62.7 Å². The number of thiazole rings is 1. The predicted octanol–water partition coefficient (Wildman–Crippen LogP) is 4.87. The number of hydrogen-bond donors (Lipinski definition) is 1. The van der Waals surface area contributed by atoms with Gasteiger partial charge in [0.15, 0.2) is 10.8 Å². The largest absolute Gasteiger partial charge is 0.479 e. The number of nitrogens with zero attached hydrogens (tertiary/aromatic N) is 4. The van der Waals surface area contributed by atoms with Crippen molar-refractivity contribution < 1.29 is 9.53 Å². The molecule has 4 aromatic rings. The average Bonchev–Trinajstić information content (AvgIpc) is 3.33. The summed E-state index contributed by atoms with van der Waals surface area (Å²) in [7, 11) is 3.44. The van der Waals surface area contributed by atoms with Crippen LogP contribution in [0.5, 0.6) is 5.88 Å². The van der Waals surface area contributed by atoms with E-state index in [1.807, 2.05) is 45.2 Å². The van der Waals surface area contributed by atoms with Gasteiger partial charge in [0.25, 0.3) is 0 Å². The molecule has 0 aliphatic heterocycles. The maximum atomic E-state index is 12.6. The van der Waals surface area contributed by atoms with E-state index in [1.165, 1.54) is 11.3 Å². The van der Waals surface area contributed by atoms with E-state index in [2.05, 4.69) is 20.4 Å². The number of amides is 1. The Labute approximate surface area is 195 Å². The second kappa shape index (κ2) is 9.26. The molecule has 0 aliphatic rings. The number of hydrogen-bond acceptors (Lipinski definition) is 6. The van der Waals surface area contributed by atoms with Gasteiger partial charge in [-0.2, -0.15) is 0 Å². The van der Waals surface area contributed by atoms with Gasteiger partial charge in [0, 0.05) is 41.7 Å². The zero-order valence-electron chi connectivity index (χ0n) is 18.4. The molecule has 3 heterocycles. The number of pyridine rings is 1. The molecule has 0 fully saturated rings. The molecular formula is C23H24ClN5O2S. The number of aryl methyl sites for hydroxylation is 3. The van der Waals surface area contributed by atoms with Crippen LogP contribution in [0.15, 0.2) is 30.5 Å². The Morgan fingerprint density at radius 3 is 2.81 bits per heavy atom. The Morgan fingerprint density at radius 1 is 1.28 bits per heavy atom. The molecule has 1 aromatic carbocycles. The number of aromatic nitrogens is 4. The minimum Gasteiger partial charge on any atom is -0.479 e. The van der Waals surface area contributed by atoms with E-state index in [0.29, 0.717) is 30.3 Å². The third-order valence-corrected chi connectivity index (χ3v) is 6.72. The monoisotopic (exact) mass is 469 g/mol. The molecule has 0 radical (unpaired) electrons. The van der Waals surface area contributed by atoms with Gasteiger partial charge in [0.05, 0.1) is 12.5 Å². The lowest BCUT2D eigenvalue weighted by molar-refractivity contribution is -0.116. The number of carbonyl (C=O) groups excluding carboxylic acids is 1. The summed E-state index contributed by atoms with van der Waals surface area (Å²) in [6.07, 6.45) is 3.37. The van der Waals surface area contributed by atoms with Crippen LogP contribution in [0.1, 0.15) is 33.7 Å². The molecule has 4 rings (SSSR count). The molecule has 7 nitrogen and oxygen atoms in total. The second-order valence-electron chi connectivity index (χ2n) is 7.58. The molecule has 0 saturated carbocycles. The summed E-state index contributed by atoms with van der Waals surface area (Å²) in [6, 6.07) is 7.73. The van der Waals surface area contributed by atoms with E-state index in [1.54, 1.807) is 18.0 Å². The lowest BCUT2D eigenvalue weighted by Gasteiger charge is -2.11. The van der Waals surface area contributed by atoms with E-state index in [9.17, 15) is 4.79 Å². The molecule has 0 unspecified atom stereocenters. The molecule has 1 N–H and O–H groups in total. The molecule has 0 spiro atoms. The van der Waals surface area contributed by atoms with Gasteiger partial charge in [-0.25, -0.2) is 14.6 Å². The van der Waals surface area contributed by atoms with Crippen LogP contribution in [0.2, 0.25) is 5.02 Å².